The Kier molecular flexibility index (Phi) is 7.31. The number of carbonyl (C=O) groups is 1. The molecule has 1 aromatic rings. The zero-order valence-electron chi connectivity index (χ0n) is 9.88. The zero-order chi connectivity index (χ0) is 11.8. The lowest BCUT2D eigenvalue weighted by Crippen LogP contribution is -2.09. The zero-order valence-corrected chi connectivity index (χ0v) is 11.5. The molecule has 1 aromatic carbocycles. The number of benzene rings is 1. The van der Waals surface area contributed by atoms with Gasteiger partial charge in [0.25, 0.3) is 0 Å². The Morgan fingerprint density at radius 1 is 1.27 bits per heavy atom. The van der Waals surface area contributed by atoms with Crippen molar-refractivity contribution < 1.29 is 4.79 Å². The number of Topliss-reactive ketones (excluding diaryl/α,β-unsaturated/α-hetero) is 1. The molecule has 0 aliphatic carbocycles. The Morgan fingerprint density at radius 3 is 2.13 bits per heavy atom. The second-order valence-electron chi connectivity index (χ2n) is 3.23. The average molecular weight is 271 g/mol. The molecule has 0 N–H and O–H groups in total. The van der Waals surface area contributed by atoms with Crippen LogP contribution in [0.1, 0.15) is 37.8 Å². The highest BCUT2D eigenvalue weighted by Crippen LogP contribution is 2.17. The van der Waals surface area contributed by atoms with Crippen molar-refractivity contribution in [3.63, 3.8) is 0 Å². The molecule has 2 heteroatoms. The van der Waals surface area contributed by atoms with Gasteiger partial charge in [-0.15, -0.1) is 0 Å². The van der Waals surface area contributed by atoms with Gasteiger partial charge in [-0.05, 0) is 12.5 Å². The van der Waals surface area contributed by atoms with Crippen LogP contribution in [-0.2, 0) is 4.79 Å². The fraction of sp³-hybridized carbons (Fsp3) is 0.462. The Hall–Kier alpha value is -0.630. The summed E-state index contributed by atoms with van der Waals surface area (Å²) in [6, 6.07) is 8.10. The quantitative estimate of drug-likeness (QED) is 0.757. The highest BCUT2D eigenvalue weighted by Gasteiger charge is 2.12. The summed E-state index contributed by atoms with van der Waals surface area (Å²) in [4.78, 5) is 11.4. The van der Waals surface area contributed by atoms with E-state index in [1.54, 1.807) is 0 Å². The molecule has 0 spiro atoms. The minimum Gasteiger partial charge on any atom is -0.298 e. The van der Waals surface area contributed by atoms with E-state index in [0.29, 0.717) is 5.33 Å². The third-order valence-corrected chi connectivity index (χ3v) is 2.74. The van der Waals surface area contributed by atoms with Crippen LogP contribution in [-0.4, -0.2) is 11.1 Å². The summed E-state index contributed by atoms with van der Waals surface area (Å²) < 4.78 is 0. The Morgan fingerprint density at radius 2 is 1.73 bits per heavy atom. The topological polar surface area (TPSA) is 17.1 Å². The molecule has 1 nitrogen and oxygen atoms in total. The Balaban J connectivity index is 0.000000921. The number of halogens is 1. The van der Waals surface area contributed by atoms with Crippen LogP contribution in [0.3, 0.4) is 0 Å². The minimum atomic E-state index is -0.0000231. The van der Waals surface area contributed by atoms with Gasteiger partial charge >= 0.3 is 0 Å². The number of ketones is 1. The van der Waals surface area contributed by atoms with Crippen LogP contribution in [0.25, 0.3) is 0 Å². The molecule has 15 heavy (non-hydrogen) atoms. The minimum absolute atomic E-state index is 0.0000231. The van der Waals surface area contributed by atoms with E-state index in [1.165, 1.54) is 5.56 Å². The average Bonchev–Trinajstić information content (AvgIpc) is 2.31. The monoisotopic (exact) mass is 270 g/mol. The van der Waals surface area contributed by atoms with Gasteiger partial charge < -0.3 is 0 Å². The van der Waals surface area contributed by atoms with Crippen LogP contribution >= 0.6 is 15.9 Å². The predicted octanol–water partition coefficient (Wildman–Crippen LogP) is 4.09. The highest BCUT2D eigenvalue weighted by molar-refractivity contribution is 9.09. The van der Waals surface area contributed by atoms with Crippen LogP contribution in [0.2, 0.25) is 0 Å². The Labute approximate surface area is 101 Å². The van der Waals surface area contributed by atoms with Crippen LogP contribution in [0.5, 0.6) is 0 Å². The first-order valence-electron chi connectivity index (χ1n) is 5.30. The second-order valence-corrected chi connectivity index (χ2v) is 3.79. The van der Waals surface area contributed by atoms with E-state index in [9.17, 15) is 4.79 Å². The van der Waals surface area contributed by atoms with E-state index in [0.717, 1.165) is 5.56 Å². The second kappa shape index (κ2) is 7.63. The van der Waals surface area contributed by atoms with Gasteiger partial charge in [-0.2, -0.15) is 0 Å². The van der Waals surface area contributed by atoms with E-state index in [2.05, 4.69) is 15.9 Å². The molecule has 1 atom stereocenters. The lowest BCUT2D eigenvalue weighted by atomic mass is 9.97. The lowest BCUT2D eigenvalue weighted by Gasteiger charge is -2.08. The first-order chi connectivity index (χ1) is 7.15. The molecule has 0 aliphatic rings. The van der Waals surface area contributed by atoms with Crippen LogP contribution < -0.4 is 0 Å². The number of rotatable bonds is 3. The molecular weight excluding hydrogens is 252 g/mol. The maximum atomic E-state index is 11.4. The number of aryl methyl sites for hydroxylation is 1. The van der Waals surface area contributed by atoms with Crippen molar-refractivity contribution in [1.82, 2.24) is 0 Å². The van der Waals surface area contributed by atoms with Crippen LogP contribution in [0.4, 0.5) is 0 Å². The van der Waals surface area contributed by atoms with Gasteiger partial charge in [-0.3, -0.25) is 4.79 Å². The Bertz CT molecular complexity index is 290. The molecule has 0 heterocycles. The normalized spacial score (nSPS) is 11.3. The molecule has 0 bridgehead atoms. The van der Waals surface area contributed by atoms with E-state index in [-0.39, 0.29) is 11.7 Å². The third kappa shape index (κ3) is 4.61. The van der Waals surface area contributed by atoms with Crippen LogP contribution in [0.15, 0.2) is 24.3 Å². The summed E-state index contributed by atoms with van der Waals surface area (Å²) in [7, 11) is 0. The van der Waals surface area contributed by atoms with Crippen molar-refractivity contribution in [2.45, 2.75) is 33.6 Å². The molecule has 1 rings (SSSR count). The maximum Gasteiger partial charge on any atom is 0.150 e. The van der Waals surface area contributed by atoms with Crippen molar-refractivity contribution >= 4 is 21.7 Å². The van der Waals surface area contributed by atoms with E-state index >= 15 is 0 Å². The number of hydrogen-bond donors (Lipinski definition) is 0. The maximum absolute atomic E-state index is 11.4. The molecule has 0 saturated carbocycles. The van der Waals surface area contributed by atoms with Gasteiger partial charge in [-0.1, -0.05) is 66.5 Å². The van der Waals surface area contributed by atoms with Crippen molar-refractivity contribution in [3.05, 3.63) is 35.4 Å². The summed E-state index contributed by atoms with van der Waals surface area (Å²) in [6.45, 7) is 7.98. The van der Waals surface area contributed by atoms with Gasteiger partial charge in [0.2, 0.25) is 0 Å². The van der Waals surface area contributed by atoms with Gasteiger partial charge in [0.15, 0.2) is 5.78 Å². The number of carbonyl (C=O) groups excluding carboxylic acids is 1. The van der Waals surface area contributed by atoms with Crippen molar-refractivity contribution in [2.24, 2.45) is 0 Å². The SMILES string of the molecule is CC.Cc1ccc(C(C)C(=O)CBr)cc1. The summed E-state index contributed by atoms with van der Waals surface area (Å²) >= 11 is 3.18. The summed E-state index contributed by atoms with van der Waals surface area (Å²) in [6.07, 6.45) is 0. The standard InChI is InChI=1S/C11H13BrO.C2H6/c1-8-3-5-10(6-4-8)9(2)11(13)7-12;1-2/h3-6,9H,7H2,1-2H3;1-2H3. The van der Waals surface area contributed by atoms with Crippen molar-refractivity contribution in [3.8, 4) is 0 Å². The molecule has 0 aliphatic heterocycles. The van der Waals surface area contributed by atoms with Gasteiger partial charge in [0, 0.05) is 5.92 Å². The predicted molar refractivity (Wildman–Crippen MR) is 69.7 cm³/mol. The molecule has 1 unspecified atom stereocenters. The van der Waals surface area contributed by atoms with Gasteiger partial charge in [0.1, 0.15) is 0 Å². The molecule has 0 fully saturated rings. The van der Waals surface area contributed by atoms with E-state index in [1.807, 2.05) is 52.0 Å². The molecule has 84 valence electrons. The van der Waals surface area contributed by atoms with Gasteiger partial charge in [-0.25, -0.2) is 0 Å². The largest absolute Gasteiger partial charge is 0.298 e. The molecule has 0 amide bonds. The summed E-state index contributed by atoms with van der Waals surface area (Å²) in [5.41, 5.74) is 2.32. The molecular formula is C13H19BrO. The summed E-state index contributed by atoms with van der Waals surface area (Å²) in [5, 5.41) is 0.433. The fourth-order valence-corrected chi connectivity index (χ4v) is 1.64. The third-order valence-electron chi connectivity index (χ3n) is 2.19. The molecule has 0 aromatic heterocycles. The van der Waals surface area contributed by atoms with Crippen molar-refractivity contribution in [1.29, 1.82) is 0 Å². The van der Waals surface area contributed by atoms with Gasteiger partial charge in [0.05, 0.1) is 5.33 Å². The van der Waals surface area contributed by atoms with E-state index < -0.39 is 0 Å². The highest BCUT2D eigenvalue weighted by atomic mass is 79.9. The molecule has 0 radical (unpaired) electrons. The molecule has 0 saturated heterocycles. The smallest absolute Gasteiger partial charge is 0.150 e. The fourth-order valence-electron chi connectivity index (χ4n) is 1.16. The number of hydrogen-bond acceptors (Lipinski definition) is 1. The summed E-state index contributed by atoms with van der Waals surface area (Å²) in [5.74, 6) is 0.226. The van der Waals surface area contributed by atoms with Crippen LogP contribution in [0, 0.1) is 6.92 Å². The number of alkyl halides is 1. The first-order valence-corrected chi connectivity index (χ1v) is 6.42. The van der Waals surface area contributed by atoms with E-state index in [4.69, 9.17) is 0 Å². The lowest BCUT2D eigenvalue weighted by molar-refractivity contribution is -0.117. The van der Waals surface area contributed by atoms with Crippen molar-refractivity contribution in [2.75, 3.05) is 5.33 Å². The first kappa shape index (κ1) is 14.4.